The number of amides is 1. The molecule has 29 heavy (non-hydrogen) atoms. The Morgan fingerprint density at radius 1 is 1.07 bits per heavy atom. The highest BCUT2D eigenvalue weighted by Gasteiger charge is 2.32. The van der Waals surface area contributed by atoms with Crippen LogP contribution in [0.3, 0.4) is 0 Å². The van der Waals surface area contributed by atoms with Crippen LogP contribution in [0.5, 0.6) is 0 Å². The number of rotatable bonds is 5. The maximum Gasteiger partial charge on any atom is 0.244 e. The number of nitrogens with one attached hydrogen (secondary N) is 1. The van der Waals surface area contributed by atoms with E-state index in [1.54, 1.807) is 29.2 Å². The zero-order valence-electron chi connectivity index (χ0n) is 15.5. The predicted molar refractivity (Wildman–Crippen MR) is 106 cm³/mol. The molecule has 1 aliphatic heterocycles. The normalized spacial score (nSPS) is 15.9. The number of carbonyl (C=O) groups excluding carboxylic acids is 1. The van der Waals surface area contributed by atoms with Crippen molar-refractivity contribution in [3.05, 3.63) is 61.4 Å². The van der Waals surface area contributed by atoms with E-state index in [0.717, 1.165) is 5.69 Å². The molecule has 4 rings (SSSR count). The average molecular weight is 412 g/mol. The third-order valence-electron chi connectivity index (χ3n) is 4.92. The Kier molecular flexibility index (Phi) is 5.36. The molecule has 0 saturated carbocycles. The van der Waals surface area contributed by atoms with Crippen molar-refractivity contribution in [2.24, 2.45) is 5.92 Å². The summed E-state index contributed by atoms with van der Waals surface area (Å²) in [5, 5.41) is 6.97. The third-order valence-corrected chi connectivity index (χ3v) is 6.80. The average Bonchev–Trinajstić information content (AvgIpc) is 3.30. The van der Waals surface area contributed by atoms with Crippen molar-refractivity contribution in [1.29, 1.82) is 0 Å². The summed E-state index contributed by atoms with van der Waals surface area (Å²) >= 11 is 0. The van der Waals surface area contributed by atoms with Gasteiger partial charge in [-0.3, -0.25) is 9.78 Å². The molecule has 1 N–H and O–H groups in total. The predicted octanol–water partition coefficient (Wildman–Crippen LogP) is 1.70. The molecule has 0 aliphatic carbocycles. The van der Waals surface area contributed by atoms with Gasteiger partial charge in [0.2, 0.25) is 15.9 Å². The molecule has 1 fully saturated rings. The van der Waals surface area contributed by atoms with Crippen LogP contribution in [0.2, 0.25) is 0 Å². The van der Waals surface area contributed by atoms with E-state index >= 15 is 0 Å². The highest BCUT2D eigenvalue weighted by atomic mass is 32.2. The van der Waals surface area contributed by atoms with Crippen LogP contribution in [0.25, 0.3) is 5.69 Å². The lowest BCUT2D eigenvalue weighted by atomic mass is 9.97. The molecule has 3 aromatic rings. The molecule has 9 nitrogen and oxygen atoms in total. The SMILES string of the molecule is O=C(Nc1ccc(-n2cncn2)cc1)C1CCN(S(=O)(=O)c2cccnc2)CC1. The third kappa shape index (κ3) is 4.17. The minimum absolute atomic E-state index is 0.100. The number of aromatic nitrogens is 4. The number of piperidine rings is 1. The quantitative estimate of drug-likeness (QED) is 0.683. The van der Waals surface area contributed by atoms with Gasteiger partial charge < -0.3 is 5.32 Å². The van der Waals surface area contributed by atoms with Crippen molar-refractivity contribution in [2.75, 3.05) is 18.4 Å². The minimum atomic E-state index is -3.57. The molecular weight excluding hydrogens is 392 g/mol. The Balaban J connectivity index is 1.34. The molecule has 0 atom stereocenters. The van der Waals surface area contributed by atoms with Crippen LogP contribution in [0.1, 0.15) is 12.8 Å². The molecule has 10 heteroatoms. The number of carbonyl (C=O) groups is 1. The van der Waals surface area contributed by atoms with Gasteiger partial charge in [0.05, 0.1) is 5.69 Å². The number of anilines is 1. The monoisotopic (exact) mass is 412 g/mol. The molecule has 0 spiro atoms. The van der Waals surface area contributed by atoms with Gasteiger partial charge in [-0.1, -0.05) is 0 Å². The summed E-state index contributed by atoms with van der Waals surface area (Å²) in [4.78, 5) is 20.6. The van der Waals surface area contributed by atoms with Gasteiger partial charge in [-0.2, -0.15) is 9.40 Å². The van der Waals surface area contributed by atoms with E-state index in [9.17, 15) is 13.2 Å². The summed E-state index contributed by atoms with van der Waals surface area (Å²) in [6, 6.07) is 10.4. The first kappa shape index (κ1) is 19.2. The maximum atomic E-state index is 12.7. The molecule has 2 aromatic heterocycles. The van der Waals surface area contributed by atoms with E-state index in [2.05, 4.69) is 20.4 Å². The maximum absolute atomic E-state index is 12.7. The Labute approximate surface area is 168 Å². The summed E-state index contributed by atoms with van der Waals surface area (Å²) in [6.07, 6.45) is 6.88. The Morgan fingerprint density at radius 2 is 1.83 bits per heavy atom. The van der Waals surface area contributed by atoms with E-state index in [4.69, 9.17) is 0 Å². The lowest BCUT2D eigenvalue weighted by Crippen LogP contribution is -2.41. The van der Waals surface area contributed by atoms with Crippen molar-refractivity contribution in [1.82, 2.24) is 24.1 Å². The van der Waals surface area contributed by atoms with E-state index in [-0.39, 0.29) is 16.7 Å². The molecule has 3 heterocycles. The van der Waals surface area contributed by atoms with Crippen LogP contribution < -0.4 is 5.32 Å². The first-order valence-electron chi connectivity index (χ1n) is 9.20. The van der Waals surface area contributed by atoms with E-state index in [1.807, 2.05) is 12.1 Å². The van der Waals surface area contributed by atoms with Crippen molar-refractivity contribution >= 4 is 21.6 Å². The van der Waals surface area contributed by atoms with Crippen LogP contribution in [0, 0.1) is 5.92 Å². The van der Waals surface area contributed by atoms with Gasteiger partial charge in [0.25, 0.3) is 0 Å². The smallest absolute Gasteiger partial charge is 0.244 e. The summed E-state index contributed by atoms with van der Waals surface area (Å²) in [5.41, 5.74) is 1.53. The lowest BCUT2D eigenvalue weighted by molar-refractivity contribution is -0.120. The molecule has 0 radical (unpaired) electrons. The first-order chi connectivity index (χ1) is 14.0. The van der Waals surface area contributed by atoms with Gasteiger partial charge in [-0.15, -0.1) is 0 Å². The van der Waals surface area contributed by atoms with Gasteiger partial charge >= 0.3 is 0 Å². The number of pyridine rings is 1. The molecule has 1 saturated heterocycles. The topological polar surface area (TPSA) is 110 Å². The molecule has 1 amide bonds. The van der Waals surface area contributed by atoms with Gasteiger partial charge in [0, 0.05) is 37.1 Å². The summed E-state index contributed by atoms with van der Waals surface area (Å²) in [6.45, 7) is 0.612. The van der Waals surface area contributed by atoms with Crippen LogP contribution >= 0.6 is 0 Å². The zero-order valence-corrected chi connectivity index (χ0v) is 16.4. The van der Waals surface area contributed by atoms with Crippen molar-refractivity contribution in [2.45, 2.75) is 17.7 Å². The summed E-state index contributed by atoms with van der Waals surface area (Å²) < 4.78 is 28.4. The van der Waals surface area contributed by atoms with E-state index in [1.165, 1.54) is 29.1 Å². The van der Waals surface area contributed by atoms with Crippen LogP contribution in [-0.2, 0) is 14.8 Å². The van der Waals surface area contributed by atoms with Crippen LogP contribution in [0.4, 0.5) is 5.69 Å². The van der Waals surface area contributed by atoms with E-state index in [0.29, 0.717) is 31.6 Å². The number of nitrogens with zero attached hydrogens (tertiary/aromatic N) is 5. The highest BCUT2D eigenvalue weighted by Crippen LogP contribution is 2.24. The Bertz CT molecular complexity index is 1060. The second-order valence-corrected chi connectivity index (χ2v) is 8.68. The fourth-order valence-corrected chi connectivity index (χ4v) is 4.72. The van der Waals surface area contributed by atoms with Gasteiger partial charge in [-0.25, -0.2) is 18.1 Å². The molecule has 0 unspecified atom stereocenters. The lowest BCUT2D eigenvalue weighted by Gasteiger charge is -2.30. The molecule has 150 valence electrons. The standard InChI is InChI=1S/C19H20N6O3S/c26-19(23-16-3-5-17(6-4-16)25-14-21-13-22-25)15-7-10-24(11-8-15)29(27,28)18-2-1-9-20-12-18/h1-6,9,12-15H,7-8,10-11H2,(H,23,26). The van der Waals surface area contributed by atoms with Gasteiger partial charge in [-0.05, 0) is 49.2 Å². The van der Waals surface area contributed by atoms with Gasteiger partial charge in [0.15, 0.2) is 0 Å². The molecular formula is C19H20N6O3S. The Hall–Kier alpha value is -3.11. The molecule has 0 bridgehead atoms. The molecule has 1 aliphatic rings. The zero-order chi connectivity index (χ0) is 20.3. The van der Waals surface area contributed by atoms with Gasteiger partial charge in [0.1, 0.15) is 17.6 Å². The van der Waals surface area contributed by atoms with Crippen molar-refractivity contribution in [3.8, 4) is 5.69 Å². The van der Waals surface area contributed by atoms with Crippen molar-refractivity contribution in [3.63, 3.8) is 0 Å². The molecule has 1 aromatic carbocycles. The second-order valence-electron chi connectivity index (χ2n) is 6.74. The van der Waals surface area contributed by atoms with Crippen molar-refractivity contribution < 1.29 is 13.2 Å². The fourth-order valence-electron chi connectivity index (χ4n) is 3.29. The van der Waals surface area contributed by atoms with Crippen LogP contribution in [0.15, 0.2) is 66.3 Å². The Morgan fingerprint density at radius 3 is 2.45 bits per heavy atom. The number of sulfonamides is 1. The number of hydrogen-bond donors (Lipinski definition) is 1. The second kappa shape index (κ2) is 8.10. The summed E-state index contributed by atoms with van der Waals surface area (Å²) in [7, 11) is -3.57. The number of benzene rings is 1. The first-order valence-corrected chi connectivity index (χ1v) is 10.6. The fraction of sp³-hybridized carbons (Fsp3) is 0.263. The summed E-state index contributed by atoms with van der Waals surface area (Å²) in [5.74, 6) is -0.331. The highest BCUT2D eigenvalue weighted by molar-refractivity contribution is 7.89. The van der Waals surface area contributed by atoms with Crippen LogP contribution in [-0.4, -0.2) is 51.5 Å². The minimum Gasteiger partial charge on any atom is -0.326 e. The van der Waals surface area contributed by atoms with E-state index < -0.39 is 10.0 Å². The number of hydrogen-bond acceptors (Lipinski definition) is 6. The largest absolute Gasteiger partial charge is 0.326 e.